The summed E-state index contributed by atoms with van der Waals surface area (Å²) >= 11 is 0. The lowest BCUT2D eigenvalue weighted by Crippen LogP contribution is -2.41. The molecule has 1 N–H and O–H groups in total. The molecular weight excluding hydrogens is 306 g/mol. The summed E-state index contributed by atoms with van der Waals surface area (Å²) in [5.41, 5.74) is 0.847. The molecule has 1 saturated heterocycles. The maximum atomic E-state index is 12.2. The lowest BCUT2D eigenvalue weighted by atomic mass is 10.1. The number of amides is 3. The first-order chi connectivity index (χ1) is 11.6. The molecule has 1 atom stereocenters. The molecule has 6 heteroatoms. The molecule has 128 valence electrons. The second kappa shape index (κ2) is 7.13. The summed E-state index contributed by atoms with van der Waals surface area (Å²) in [5, 5.41) is 2.93. The maximum Gasteiger partial charge on any atom is 0.261 e. The number of likely N-dealkylation sites (N-methyl/N-ethyl adjacent to an activating group) is 1. The van der Waals surface area contributed by atoms with Crippen molar-refractivity contribution in [2.45, 2.75) is 32.2 Å². The number of nitrogens with zero attached hydrogens (tertiary/aromatic N) is 2. The normalized spacial score (nSPS) is 20.5. The zero-order valence-electron chi connectivity index (χ0n) is 14.0. The first kappa shape index (κ1) is 16.6. The van der Waals surface area contributed by atoms with E-state index in [9.17, 15) is 14.4 Å². The van der Waals surface area contributed by atoms with E-state index >= 15 is 0 Å². The average molecular weight is 329 g/mol. The Kier molecular flexibility index (Phi) is 4.94. The van der Waals surface area contributed by atoms with E-state index in [1.807, 2.05) is 0 Å². The Bertz CT molecular complexity index is 624. The standard InChI is InChI=1S/C18H23N3O3/c1-2-20-10-5-6-13(20)12-19-16(22)9-11-21-17(23)14-7-3-4-8-15(14)18(21)24/h3-4,7-8,13H,2,5-6,9-12H2,1H3,(H,19,22)/t13-/m0/s1. The van der Waals surface area contributed by atoms with Crippen molar-refractivity contribution in [3.05, 3.63) is 35.4 Å². The molecule has 0 saturated carbocycles. The lowest BCUT2D eigenvalue weighted by molar-refractivity contribution is -0.121. The van der Waals surface area contributed by atoms with Gasteiger partial charge in [0, 0.05) is 25.6 Å². The Balaban J connectivity index is 1.49. The Morgan fingerprint density at radius 1 is 1.21 bits per heavy atom. The minimum atomic E-state index is -0.309. The van der Waals surface area contributed by atoms with Gasteiger partial charge < -0.3 is 5.32 Å². The van der Waals surface area contributed by atoms with E-state index in [0.717, 1.165) is 24.4 Å². The van der Waals surface area contributed by atoms with Gasteiger partial charge in [-0.15, -0.1) is 0 Å². The average Bonchev–Trinajstić information content (AvgIpc) is 3.15. The summed E-state index contributed by atoms with van der Waals surface area (Å²) in [7, 11) is 0. The fraction of sp³-hybridized carbons (Fsp3) is 0.500. The molecular formula is C18H23N3O3. The van der Waals surface area contributed by atoms with Crippen molar-refractivity contribution in [3.63, 3.8) is 0 Å². The predicted molar refractivity (Wildman–Crippen MR) is 89.7 cm³/mol. The number of carbonyl (C=O) groups is 3. The summed E-state index contributed by atoms with van der Waals surface area (Å²) in [6.07, 6.45) is 2.42. The second-order valence-corrected chi connectivity index (χ2v) is 6.29. The SMILES string of the molecule is CCN1CCC[C@H]1CNC(=O)CCN1C(=O)c2ccccc2C1=O. The predicted octanol–water partition coefficient (Wildman–Crippen LogP) is 1.27. The van der Waals surface area contributed by atoms with Crippen molar-refractivity contribution in [1.82, 2.24) is 15.1 Å². The van der Waals surface area contributed by atoms with Crippen molar-refractivity contribution in [3.8, 4) is 0 Å². The van der Waals surface area contributed by atoms with Crippen molar-refractivity contribution < 1.29 is 14.4 Å². The molecule has 0 radical (unpaired) electrons. The zero-order chi connectivity index (χ0) is 17.1. The fourth-order valence-electron chi connectivity index (χ4n) is 3.52. The molecule has 1 aromatic carbocycles. The number of imide groups is 1. The molecule has 0 bridgehead atoms. The van der Waals surface area contributed by atoms with E-state index in [-0.39, 0.29) is 30.7 Å². The highest BCUT2D eigenvalue weighted by Gasteiger charge is 2.35. The van der Waals surface area contributed by atoms with E-state index in [1.165, 1.54) is 6.42 Å². The lowest BCUT2D eigenvalue weighted by Gasteiger charge is -2.23. The molecule has 6 nitrogen and oxygen atoms in total. The second-order valence-electron chi connectivity index (χ2n) is 6.29. The number of hydrogen-bond acceptors (Lipinski definition) is 4. The minimum Gasteiger partial charge on any atom is -0.354 e. The Morgan fingerprint density at radius 3 is 2.50 bits per heavy atom. The van der Waals surface area contributed by atoms with Crippen molar-refractivity contribution in [2.24, 2.45) is 0 Å². The molecule has 0 aliphatic carbocycles. The number of fused-ring (bicyclic) bond motifs is 1. The van der Waals surface area contributed by atoms with E-state index in [0.29, 0.717) is 23.7 Å². The Morgan fingerprint density at radius 2 is 1.88 bits per heavy atom. The van der Waals surface area contributed by atoms with Gasteiger partial charge in [-0.1, -0.05) is 19.1 Å². The summed E-state index contributed by atoms with van der Waals surface area (Å²) in [5.74, 6) is -0.734. The number of hydrogen-bond donors (Lipinski definition) is 1. The number of benzene rings is 1. The van der Waals surface area contributed by atoms with Crippen molar-refractivity contribution in [1.29, 1.82) is 0 Å². The molecule has 2 aliphatic heterocycles. The van der Waals surface area contributed by atoms with Gasteiger partial charge in [0.1, 0.15) is 0 Å². The number of likely N-dealkylation sites (tertiary alicyclic amines) is 1. The van der Waals surface area contributed by atoms with Crippen LogP contribution in [0.5, 0.6) is 0 Å². The van der Waals surface area contributed by atoms with Gasteiger partial charge in [-0.3, -0.25) is 24.2 Å². The van der Waals surface area contributed by atoms with Crippen molar-refractivity contribution >= 4 is 17.7 Å². The third-order valence-electron chi connectivity index (χ3n) is 4.88. The largest absolute Gasteiger partial charge is 0.354 e. The maximum absolute atomic E-state index is 12.2. The van der Waals surface area contributed by atoms with Crippen molar-refractivity contribution in [2.75, 3.05) is 26.2 Å². The molecule has 24 heavy (non-hydrogen) atoms. The fourth-order valence-corrected chi connectivity index (χ4v) is 3.52. The number of carbonyl (C=O) groups excluding carboxylic acids is 3. The van der Waals surface area contributed by atoms with Gasteiger partial charge in [0.05, 0.1) is 11.1 Å². The number of nitrogens with one attached hydrogen (secondary N) is 1. The highest BCUT2D eigenvalue weighted by Crippen LogP contribution is 2.22. The van der Waals surface area contributed by atoms with Crippen LogP contribution in [0.1, 0.15) is 46.9 Å². The van der Waals surface area contributed by atoms with Crippen LogP contribution in [0.2, 0.25) is 0 Å². The third-order valence-corrected chi connectivity index (χ3v) is 4.88. The van der Waals surface area contributed by atoms with Crippen LogP contribution >= 0.6 is 0 Å². The van der Waals surface area contributed by atoms with Gasteiger partial charge in [0.15, 0.2) is 0 Å². The molecule has 0 spiro atoms. The molecule has 2 heterocycles. The van der Waals surface area contributed by atoms with Crippen LogP contribution < -0.4 is 5.32 Å². The zero-order valence-corrected chi connectivity index (χ0v) is 14.0. The van der Waals surface area contributed by atoms with Crippen LogP contribution in [0.4, 0.5) is 0 Å². The first-order valence-electron chi connectivity index (χ1n) is 8.57. The Labute approximate surface area is 141 Å². The van der Waals surface area contributed by atoms with Gasteiger partial charge in [-0.25, -0.2) is 0 Å². The quantitative estimate of drug-likeness (QED) is 0.798. The van der Waals surface area contributed by atoms with Crippen LogP contribution in [0, 0.1) is 0 Å². The van der Waals surface area contributed by atoms with Gasteiger partial charge in [-0.05, 0) is 38.1 Å². The smallest absolute Gasteiger partial charge is 0.261 e. The summed E-state index contributed by atoms with van der Waals surface area (Å²) in [6.45, 7) is 4.97. The highest BCUT2D eigenvalue weighted by atomic mass is 16.2. The van der Waals surface area contributed by atoms with Crippen LogP contribution in [-0.2, 0) is 4.79 Å². The monoisotopic (exact) mass is 329 g/mol. The van der Waals surface area contributed by atoms with Gasteiger partial charge >= 0.3 is 0 Å². The minimum absolute atomic E-state index is 0.116. The summed E-state index contributed by atoms with van der Waals surface area (Å²) in [4.78, 5) is 40.1. The number of rotatable bonds is 6. The molecule has 3 rings (SSSR count). The van der Waals surface area contributed by atoms with E-state index < -0.39 is 0 Å². The van der Waals surface area contributed by atoms with Crippen LogP contribution in [0.25, 0.3) is 0 Å². The van der Waals surface area contributed by atoms with E-state index in [1.54, 1.807) is 24.3 Å². The highest BCUT2D eigenvalue weighted by molar-refractivity contribution is 6.21. The van der Waals surface area contributed by atoms with Crippen LogP contribution in [0.3, 0.4) is 0 Å². The Hall–Kier alpha value is -2.21. The van der Waals surface area contributed by atoms with Crippen LogP contribution in [-0.4, -0.2) is 59.7 Å². The summed E-state index contributed by atoms with van der Waals surface area (Å²) < 4.78 is 0. The molecule has 2 aliphatic rings. The van der Waals surface area contributed by atoms with E-state index in [2.05, 4.69) is 17.1 Å². The molecule has 0 unspecified atom stereocenters. The van der Waals surface area contributed by atoms with Gasteiger partial charge in [0.2, 0.25) is 5.91 Å². The van der Waals surface area contributed by atoms with Gasteiger partial charge in [-0.2, -0.15) is 0 Å². The van der Waals surface area contributed by atoms with Crippen LogP contribution in [0.15, 0.2) is 24.3 Å². The summed E-state index contributed by atoms with van der Waals surface area (Å²) in [6, 6.07) is 7.17. The third kappa shape index (κ3) is 3.19. The van der Waals surface area contributed by atoms with Gasteiger partial charge in [0.25, 0.3) is 11.8 Å². The molecule has 1 fully saturated rings. The first-order valence-corrected chi connectivity index (χ1v) is 8.57. The molecule has 3 amide bonds. The topological polar surface area (TPSA) is 69.7 Å². The molecule has 1 aromatic rings. The van der Waals surface area contributed by atoms with E-state index in [4.69, 9.17) is 0 Å². The molecule has 0 aromatic heterocycles.